The van der Waals surface area contributed by atoms with Crippen LogP contribution < -0.4 is 10.9 Å². The molecule has 3 nitrogen and oxygen atoms in total. The second-order valence-corrected chi connectivity index (χ2v) is 3.56. The first-order chi connectivity index (χ1) is 5.52. The van der Waals surface area contributed by atoms with Gasteiger partial charge in [0, 0.05) is 0 Å². The maximum Gasteiger partial charge on any atom is 0.185 e. The van der Waals surface area contributed by atoms with Crippen LogP contribution in [0.4, 0.5) is 0 Å². The Morgan fingerprint density at radius 2 is 1.67 bits per heavy atom. The van der Waals surface area contributed by atoms with Crippen molar-refractivity contribution in [3.8, 4) is 5.75 Å². The molecule has 1 rings (SSSR count). The first-order valence-electron chi connectivity index (χ1n) is 3.43. The summed E-state index contributed by atoms with van der Waals surface area (Å²) >= 11 is -1.97. The van der Waals surface area contributed by atoms with Crippen molar-refractivity contribution in [3.63, 3.8) is 0 Å². The lowest BCUT2D eigenvalue weighted by Crippen LogP contribution is -2.23. The standard InChI is InChI=1S/C6H8B2O3S/c7-4-1-3(9)2-5(8)6(4)12(10)11/h1-2,9H,7-8H2,(H,10,11). The van der Waals surface area contributed by atoms with E-state index in [4.69, 9.17) is 9.66 Å². The highest BCUT2D eigenvalue weighted by atomic mass is 32.2. The van der Waals surface area contributed by atoms with Gasteiger partial charge in [-0.3, -0.25) is 0 Å². The van der Waals surface area contributed by atoms with Gasteiger partial charge in [0.2, 0.25) is 0 Å². The van der Waals surface area contributed by atoms with Crippen molar-refractivity contribution in [1.82, 2.24) is 0 Å². The summed E-state index contributed by atoms with van der Waals surface area (Å²) in [6.07, 6.45) is 0. The highest BCUT2D eigenvalue weighted by molar-refractivity contribution is 7.79. The smallest absolute Gasteiger partial charge is 0.185 e. The van der Waals surface area contributed by atoms with Crippen LogP contribution in [0.3, 0.4) is 0 Å². The second kappa shape index (κ2) is 3.33. The van der Waals surface area contributed by atoms with Gasteiger partial charge < -0.3 is 9.66 Å². The first kappa shape index (κ1) is 9.35. The van der Waals surface area contributed by atoms with Crippen molar-refractivity contribution in [2.45, 2.75) is 4.90 Å². The van der Waals surface area contributed by atoms with E-state index in [-0.39, 0.29) is 5.75 Å². The molecule has 1 aromatic rings. The summed E-state index contributed by atoms with van der Waals surface area (Å²) in [5.41, 5.74) is 1.27. The van der Waals surface area contributed by atoms with Crippen molar-refractivity contribution in [2.75, 3.05) is 0 Å². The molecule has 0 fully saturated rings. The van der Waals surface area contributed by atoms with E-state index in [9.17, 15) is 4.21 Å². The maximum absolute atomic E-state index is 10.8. The van der Waals surface area contributed by atoms with E-state index < -0.39 is 11.1 Å². The summed E-state index contributed by atoms with van der Waals surface area (Å²) in [6.45, 7) is 0. The Bertz CT molecular complexity index is 317. The van der Waals surface area contributed by atoms with Crippen LogP contribution in [-0.2, 0) is 11.1 Å². The first-order valence-corrected chi connectivity index (χ1v) is 4.54. The Labute approximate surface area is 74.9 Å². The third-order valence-corrected chi connectivity index (χ3v) is 2.61. The number of phenols is 1. The van der Waals surface area contributed by atoms with Crippen LogP contribution in [-0.4, -0.2) is 29.6 Å². The normalized spacial score (nSPS) is 12.8. The van der Waals surface area contributed by atoms with E-state index in [0.717, 1.165) is 0 Å². The molecule has 0 aliphatic heterocycles. The highest BCUT2D eigenvalue weighted by Gasteiger charge is 2.08. The van der Waals surface area contributed by atoms with Gasteiger partial charge in [0.1, 0.15) is 21.4 Å². The van der Waals surface area contributed by atoms with Crippen LogP contribution in [0.2, 0.25) is 0 Å². The van der Waals surface area contributed by atoms with Gasteiger partial charge >= 0.3 is 0 Å². The molecule has 0 spiro atoms. The van der Waals surface area contributed by atoms with Gasteiger partial charge in [-0.05, 0) is 12.1 Å². The molecule has 62 valence electrons. The van der Waals surface area contributed by atoms with Crippen LogP contribution in [0.5, 0.6) is 5.75 Å². The second-order valence-electron chi connectivity index (χ2n) is 2.66. The number of hydrogen-bond donors (Lipinski definition) is 2. The molecular formula is C6H8B2O3S. The lowest BCUT2D eigenvalue weighted by molar-refractivity contribution is 0.476. The van der Waals surface area contributed by atoms with Crippen molar-refractivity contribution >= 4 is 37.7 Å². The molecule has 0 bridgehead atoms. The van der Waals surface area contributed by atoms with Crippen LogP contribution in [0.1, 0.15) is 0 Å². The molecule has 0 radical (unpaired) electrons. The highest BCUT2D eigenvalue weighted by Crippen LogP contribution is 2.05. The fourth-order valence-corrected chi connectivity index (χ4v) is 1.87. The average molecular weight is 182 g/mol. The van der Waals surface area contributed by atoms with E-state index in [1.165, 1.54) is 12.1 Å². The summed E-state index contributed by atoms with van der Waals surface area (Å²) in [5.74, 6) is 0.124. The zero-order valence-corrected chi connectivity index (χ0v) is 7.68. The van der Waals surface area contributed by atoms with Crippen molar-refractivity contribution < 1.29 is 13.9 Å². The lowest BCUT2D eigenvalue weighted by atomic mass is 9.87. The summed E-state index contributed by atoms with van der Waals surface area (Å²) in [7, 11) is 3.38. The van der Waals surface area contributed by atoms with Crippen molar-refractivity contribution in [1.29, 1.82) is 0 Å². The third kappa shape index (κ3) is 1.70. The minimum atomic E-state index is -1.97. The van der Waals surface area contributed by atoms with Gasteiger partial charge in [0.25, 0.3) is 0 Å². The number of benzene rings is 1. The van der Waals surface area contributed by atoms with Crippen LogP contribution in [0.25, 0.3) is 0 Å². The van der Waals surface area contributed by atoms with Gasteiger partial charge in [0.05, 0.1) is 4.90 Å². The van der Waals surface area contributed by atoms with Crippen LogP contribution in [0.15, 0.2) is 17.0 Å². The van der Waals surface area contributed by atoms with Crippen LogP contribution >= 0.6 is 0 Å². The van der Waals surface area contributed by atoms with E-state index in [0.29, 0.717) is 15.8 Å². The Balaban J connectivity index is 3.38. The Hall–Kier alpha value is -0.740. The molecule has 0 aliphatic carbocycles. The summed E-state index contributed by atoms with van der Waals surface area (Å²) in [4.78, 5) is 0.382. The minimum Gasteiger partial charge on any atom is -0.508 e. The fourth-order valence-electron chi connectivity index (χ4n) is 1.20. The zero-order valence-electron chi connectivity index (χ0n) is 6.87. The SMILES string of the molecule is Bc1cc(O)cc(B)c1S(=O)O. The molecule has 0 heterocycles. The molecule has 0 saturated heterocycles. The van der Waals surface area contributed by atoms with E-state index >= 15 is 0 Å². The largest absolute Gasteiger partial charge is 0.508 e. The molecule has 1 atom stereocenters. The predicted octanol–water partition coefficient (Wildman–Crippen LogP) is -2.51. The molecule has 6 heteroatoms. The Morgan fingerprint density at radius 3 is 2.00 bits per heavy atom. The molecule has 2 N–H and O–H groups in total. The molecular weight excluding hydrogens is 174 g/mol. The average Bonchev–Trinajstić information content (AvgIpc) is 1.82. The monoisotopic (exact) mass is 182 g/mol. The van der Waals surface area contributed by atoms with E-state index in [1.54, 1.807) is 15.7 Å². The fraction of sp³-hybridized carbons (Fsp3) is 0. The topological polar surface area (TPSA) is 57.5 Å². The van der Waals surface area contributed by atoms with Gasteiger partial charge in [-0.1, -0.05) is 10.9 Å². The lowest BCUT2D eigenvalue weighted by Gasteiger charge is -2.05. The third-order valence-electron chi connectivity index (χ3n) is 1.62. The molecule has 1 unspecified atom stereocenters. The molecule has 1 aromatic carbocycles. The van der Waals surface area contributed by atoms with Gasteiger partial charge in [0.15, 0.2) is 11.1 Å². The number of aromatic hydroxyl groups is 1. The zero-order chi connectivity index (χ0) is 9.30. The molecule has 0 aromatic heterocycles. The Kier molecular flexibility index (Phi) is 2.59. The maximum atomic E-state index is 10.8. The summed E-state index contributed by atoms with van der Waals surface area (Å²) < 4.78 is 19.7. The minimum absolute atomic E-state index is 0.124. The predicted molar refractivity (Wildman–Crippen MR) is 53.5 cm³/mol. The molecule has 0 aliphatic rings. The molecule has 12 heavy (non-hydrogen) atoms. The van der Waals surface area contributed by atoms with Gasteiger partial charge in [-0.15, -0.1) is 0 Å². The van der Waals surface area contributed by atoms with Gasteiger partial charge in [-0.2, -0.15) is 0 Å². The number of rotatable bonds is 1. The molecule has 0 amide bonds. The van der Waals surface area contributed by atoms with E-state index in [2.05, 4.69) is 0 Å². The van der Waals surface area contributed by atoms with Gasteiger partial charge in [-0.25, -0.2) is 4.21 Å². The quantitative estimate of drug-likeness (QED) is 0.372. The van der Waals surface area contributed by atoms with Crippen molar-refractivity contribution in [2.24, 2.45) is 0 Å². The summed E-state index contributed by atoms with van der Waals surface area (Å²) in [6, 6.07) is 2.94. The Morgan fingerprint density at radius 1 is 1.25 bits per heavy atom. The number of phenolic OH excluding ortho intramolecular Hbond substituents is 1. The number of hydrogen-bond acceptors (Lipinski definition) is 2. The van der Waals surface area contributed by atoms with E-state index in [1.807, 2.05) is 0 Å². The van der Waals surface area contributed by atoms with Crippen molar-refractivity contribution in [3.05, 3.63) is 12.1 Å². The summed E-state index contributed by atoms with van der Waals surface area (Å²) in [5, 5.41) is 9.12. The van der Waals surface area contributed by atoms with Crippen LogP contribution in [0, 0.1) is 0 Å². The molecule has 0 saturated carbocycles.